The molecule has 2 heterocycles. The van der Waals surface area contributed by atoms with E-state index < -0.39 is 0 Å². The van der Waals surface area contributed by atoms with Crippen molar-refractivity contribution in [2.24, 2.45) is 0 Å². The largest absolute Gasteiger partial charge is 0.353 e. The van der Waals surface area contributed by atoms with E-state index in [1.54, 1.807) is 0 Å². The summed E-state index contributed by atoms with van der Waals surface area (Å²) in [6.07, 6.45) is 4.65. The van der Waals surface area contributed by atoms with Gasteiger partial charge in [-0.25, -0.2) is 0 Å². The van der Waals surface area contributed by atoms with Gasteiger partial charge in [0.15, 0.2) is 0 Å². The van der Waals surface area contributed by atoms with E-state index in [2.05, 4.69) is 29.1 Å². The maximum Gasteiger partial charge on any atom is 0.103 e. The molecular formula is C11H16N2S. The van der Waals surface area contributed by atoms with Gasteiger partial charge in [0.25, 0.3) is 0 Å². The van der Waals surface area contributed by atoms with Gasteiger partial charge in [0.1, 0.15) is 4.64 Å². The van der Waals surface area contributed by atoms with Gasteiger partial charge in [-0.05, 0) is 37.6 Å². The van der Waals surface area contributed by atoms with Crippen LogP contribution in [0.3, 0.4) is 0 Å². The third-order valence-electron chi connectivity index (χ3n) is 2.96. The molecule has 0 radical (unpaired) electrons. The molecule has 1 aliphatic heterocycles. The number of aromatic nitrogens is 1. The zero-order chi connectivity index (χ0) is 9.97. The molecule has 3 heteroatoms. The number of rotatable bonds is 2. The molecule has 2 nitrogen and oxygen atoms in total. The summed E-state index contributed by atoms with van der Waals surface area (Å²) in [6.45, 7) is 4.60. The standard InChI is InChI=1S/C11H16N2S/c1-2-13-7-3-4-10(13)9-5-6-11(14)12-8-9/h5-6,8,10H,2-4,7H2,1H3,(H,12,14)/t10-/m1/s1. The van der Waals surface area contributed by atoms with Gasteiger partial charge < -0.3 is 4.98 Å². The lowest BCUT2D eigenvalue weighted by Gasteiger charge is -2.22. The van der Waals surface area contributed by atoms with Crippen molar-refractivity contribution in [2.75, 3.05) is 13.1 Å². The quantitative estimate of drug-likeness (QED) is 0.754. The van der Waals surface area contributed by atoms with Crippen molar-refractivity contribution >= 4 is 12.2 Å². The summed E-state index contributed by atoms with van der Waals surface area (Å²) in [5.41, 5.74) is 1.37. The summed E-state index contributed by atoms with van der Waals surface area (Å²) in [4.78, 5) is 5.63. The molecule has 1 aromatic rings. The average molecular weight is 208 g/mol. The Labute approximate surface area is 90.0 Å². The molecule has 1 saturated heterocycles. The molecule has 0 amide bonds. The van der Waals surface area contributed by atoms with Crippen molar-refractivity contribution in [3.8, 4) is 0 Å². The van der Waals surface area contributed by atoms with Crippen LogP contribution in [0.4, 0.5) is 0 Å². The molecule has 0 unspecified atom stereocenters. The van der Waals surface area contributed by atoms with Crippen molar-refractivity contribution in [3.05, 3.63) is 28.5 Å². The minimum Gasteiger partial charge on any atom is -0.353 e. The molecular weight excluding hydrogens is 192 g/mol. The summed E-state index contributed by atoms with van der Waals surface area (Å²) in [6, 6.07) is 4.74. The fourth-order valence-corrected chi connectivity index (χ4v) is 2.34. The van der Waals surface area contributed by atoms with Crippen molar-refractivity contribution < 1.29 is 0 Å². The van der Waals surface area contributed by atoms with Gasteiger partial charge >= 0.3 is 0 Å². The second-order valence-electron chi connectivity index (χ2n) is 3.77. The topological polar surface area (TPSA) is 19.0 Å². The number of pyridine rings is 1. The predicted octanol–water partition coefficient (Wildman–Crippen LogP) is 2.90. The van der Waals surface area contributed by atoms with Crippen molar-refractivity contribution in [1.29, 1.82) is 0 Å². The third kappa shape index (κ3) is 1.88. The van der Waals surface area contributed by atoms with Crippen LogP contribution in [0, 0.1) is 4.64 Å². The highest BCUT2D eigenvalue weighted by molar-refractivity contribution is 7.71. The van der Waals surface area contributed by atoms with Gasteiger partial charge in [-0.2, -0.15) is 0 Å². The summed E-state index contributed by atoms with van der Waals surface area (Å²) in [5.74, 6) is 0. The van der Waals surface area contributed by atoms with Gasteiger partial charge in [-0.3, -0.25) is 4.90 Å². The molecule has 1 aliphatic rings. The number of nitrogens with one attached hydrogen (secondary N) is 1. The Morgan fingerprint density at radius 1 is 1.57 bits per heavy atom. The monoisotopic (exact) mass is 208 g/mol. The molecule has 14 heavy (non-hydrogen) atoms. The zero-order valence-corrected chi connectivity index (χ0v) is 9.31. The molecule has 0 aromatic carbocycles. The summed E-state index contributed by atoms with van der Waals surface area (Å²) < 4.78 is 0.815. The van der Waals surface area contributed by atoms with E-state index in [-0.39, 0.29) is 0 Å². The first-order chi connectivity index (χ1) is 6.81. The molecule has 1 fully saturated rings. The number of nitrogens with zero attached hydrogens (tertiary/aromatic N) is 1. The lowest BCUT2D eigenvalue weighted by atomic mass is 10.1. The summed E-state index contributed by atoms with van der Waals surface area (Å²) >= 11 is 5.03. The van der Waals surface area contributed by atoms with Gasteiger partial charge in [-0.1, -0.05) is 25.2 Å². The number of hydrogen-bond donors (Lipinski definition) is 1. The van der Waals surface area contributed by atoms with E-state index in [9.17, 15) is 0 Å². The first kappa shape index (κ1) is 9.87. The minimum atomic E-state index is 0.604. The third-order valence-corrected chi connectivity index (χ3v) is 3.22. The van der Waals surface area contributed by atoms with Crippen LogP contribution in [0.1, 0.15) is 31.4 Å². The molecule has 0 bridgehead atoms. The van der Waals surface area contributed by atoms with Gasteiger partial charge in [-0.15, -0.1) is 0 Å². The number of H-pyrrole nitrogens is 1. The Bertz CT molecular complexity index is 338. The fourth-order valence-electron chi connectivity index (χ4n) is 2.21. The first-order valence-electron chi connectivity index (χ1n) is 5.24. The van der Waals surface area contributed by atoms with Crippen LogP contribution in [0.25, 0.3) is 0 Å². The molecule has 1 N–H and O–H groups in total. The van der Waals surface area contributed by atoms with E-state index in [1.165, 1.54) is 24.9 Å². The molecule has 76 valence electrons. The van der Waals surface area contributed by atoms with E-state index in [0.717, 1.165) is 11.2 Å². The van der Waals surface area contributed by atoms with Crippen molar-refractivity contribution in [3.63, 3.8) is 0 Å². The van der Waals surface area contributed by atoms with Crippen LogP contribution in [0.2, 0.25) is 0 Å². The minimum absolute atomic E-state index is 0.604. The van der Waals surface area contributed by atoms with Crippen LogP contribution >= 0.6 is 12.2 Å². The SMILES string of the molecule is CCN1CCC[C@@H]1c1ccc(=S)[nH]c1. The Morgan fingerprint density at radius 2 is 2.43 bits per heavy atom. The highest BCUT2D eigenvalue weighted by Gasteiger charge is 2.24. The van der Waals surface area contributed by atoms with Crippen LogP contribution in [-0.2, 0) is 0 Å². The zero-order valence-electron chi connectivity index (χ0n) is 8.49. The van der Waals surface area contributed by atoms with E-state index >= 15 is 0 Å². The fraction of sp³-hybridized carbons (Fsp3) is 0.545. The lowest BCUT2D eigenvalue weighted by Crippen LogP contribution is -2.22. The number of likely N-dealkylation sites (tertiary alicyclic amines) is 1. The first-order valence-corrected chi connectivity index (χ1v) is 5.65. The van der Waals surface area contributed by atoms with Crippen LogP contribution < -0.4 is 0 Å². The summed E-state index contributed by atoms with van der Waals surface area (Å²) in [7, 11) is 0. The molecule has 0 aliphatic carbocycles. The van der Waals surface area contributed by atoms with Crippen LogP contribution in [0.15, 0.2) is 18.3 Å². The molecule has 0 saturated carbocycles. The lowest BCUT2D eigenvalue weighted by molar-refractivity contribution is 0.271. The van der Waals surface area contributed by atoms with Gasteiger partial charge in [0.2, 0.25) is 0 Å². The highest BCUT2D eigenvalue weighted by Crippen LogP contribution is 2.30. The smallest absolute Gasteiger partial charge is 0.103 e. The maximum absolute atomic E-state index is 5.03. The average Bonchev–Trinajstić information content (AvgIpc) is 2.67. The van der Waals surface area contributed by atoms with Gasteiger partial charge in [0, 0.05) is 12.2 Å². The Kier molecular flexibility index (Phi) is 2.99. The summed E-state index contributed by atoms with van der Waals surface area (Å²) in [5, 5.41) is 0. The Balaban J connectivity index is 2.21. The van der Waals surface area contributed by atoms with E-state index in [0.29, 0.717) is 6.04 Å². The normalized spacial score (nSPS) is 22.8. The predicted molar refractivity (Wildman–Crippen MR) is 60.8 cm³/mol. The Hall–Kier alpha value is -0.670. The number of aromatic amines is 1. The van der Waals surface area contributed by atoms with Crippen LogP contribution in [-0.4, -0.2) is 23.0 Å². The molecule has 0 spiro atoms. The van der Waals surface area contributed by atoms with Crippen LogP contribution in [0.5, 0.6) is 0 Å². The van der Waals surface area contributed by atoms with Crippen molar-refractivity contribution in [1.82, 2.24) is 9.88 Å². The number of hydrogen-bond acceptors (Lipinski definition) is 2. The molecule has 1 atom stereocenters. The van der Waals surface area contributed by atoms with E-state index in [4.69, 9.17) is 12.2 Å². The maximum atomic E-state index is 5.03. The Morgan fingerprint density at radius 3 is 3.07 bits per heavy atom. The molecule has 2 rings (SSSR count). The molecule has 1 aromatic heterocycles. The van der Waals surface area contributed by atoms with E-state index in [1.807, 2.05) is 6.07 Å². The second kappa shape index (κ2) is 4.24. The highest BCUT2D eigenvalue weighted by atomic mass is 32.1. The van der Waals surface area contributed by atoms with Gasteiger partial charge in [0.05, 0.1) is 0 Å². The van der Waals surface area contributed by atoms with Crippen molar-refractivity contribution in [2.45, 2.75) is 25.8 Å². The second-order valence-corrected chi connectivity index (χ2v) is 4.21.